The average molecular weight is 562 g/mol. The van der Waals surface area contributed by atoms with Crippen LogP contribution >= 0.6 is 11.6 Å². The summed E-state index contributed by atoms with van der Waals surface area (Å²) in [6.07, 6.45) is -0.00662. The van der Waals surface area contributed by atoms with Gasteiger partial charge in [0.2, 0.25) is 17.7 Å². The largest absolute Gasteiger partial charge is 0.465 e. The SMILES string of the molecule is O=C(O)NC1CCCN(c2nccc(Oc3cccc(/C=C/C(=O)Nc4ccc(Cl)c(C(F)(F)F)c4)c3)n2)C1. The lowest BCUT2D eigenvalue weighted by Crippen LogP contribution is -2.47. The number of amides is 2. The van der Waals surface area contributed by atoms with Crippen molar-refractivity contribution in [3.05, 3.63) is 77.0 Å². The quantitative estimate of drug-likeness (QED) is 0.311. The fourth-order valence-electron chi connectivity index (χ4n) is 3.97. The number of hydrogen-bond donors (Lipinski definition) is 3. The number of carbonyl (C=O) groups is 2. The monoisotopic (exact) mass is 561 g/mol. The van der Waals surface area contributed by atoms with Gasteiger partial charge in [0.1, 0.15) is 5.75 Å². The minimum Gasteiger partial charge on any atom is -0.465 e. The molecule has 2 amide bonds. The van der Waals surface area contributed by atoms with Crippen LogP contribution in [0.5, 0.6) is 11.6 Å². The van der Waals surface area contributed by atoms with E-state index in [1.807, 2.05) is 4.90 Å². The lowest BCUT2D eigenvalue weighted by molar-refractivity contribution is -0.137. The zero-order valence-electron chi connectivity index (χ0n) is 20.3. The summed E-state index contributed by atoms with van der Waals surface area (Å²) in [6, 6.07) is 11.2. The van der Waals surface area contributed by atoms with Gasteiger partial charge in [-0.05, 0) is 54.8 Å². The number of ether oxygens (including phenoxy) is 1. The molecule has 1 aliphatic heterocycles. The molecule has 13 heteroatoms. The Morgan fingerprint density at radius 3 is 2.77 bits per heavy atom. The van der Waals surface area contributed by atoms with Crippen molar-refractivity contribution in [2.75, 3.05) is 23.3 Å². The van der Waals surface area contributed by atoms with Crippen LogP contribution in [0.4, 0.5) is 29.6 Å². The lowest BCUT2D eigenvalue weighted by atomic mass is 10.1. The van der Waals surface area contributed by atoms with Gasteiger partial charge in [-0.2, -0.15) is 18.2 Å². The Morgan fingerprint density at radius 2 is 2.00 bits per heavy atom. The van der Waals surface area contributed by atoms with E-state index in [1.165, 1.54) is 18.2 Å². The normalized spacial score (nSPS) is 15.7. The first-order valence-electron chi connectivity index (χ1n) is 11.8. The summed E-state index contributed by atoms with van der Waals surface area (Å²) in [5, 5.41) is 13.4. The number of aromatic nitrogens is 2. The Hall–Kier alpha value is -4.32. The van der Waals surface area contributed by atoms with Gasteiger partial charge in [0.25, 0.3) is 0 Å². The van der Waals surface area contributed by atoms with Crippen LogP contribution in [-0.2, 0) is 11.0 Å². The highest BCUT2D eigenvalue weighted by Gasteiger charge is 2.33. The summed E-state index contributed by atoms with van der Waals surface area (Å²) < 4.78 is 45.0. The first-order valence-corrected chi connectivity index (χ1v) is 12.2. The van der Waals surface area contributed by atoms with Gasteiger partial charge in [0, 0.05) is 43.2 Å². The van der Waals surface area contributed by atoms with E-state index >= 15 is 0 Å². The van der Waals surface area contributed by atoms with E-state index in [2.05, 4.69) is 20.6 Å². The molecule has 1 unspecified atom stereocenters. The number of anilines is 2. The first kappa shape index (κ1) is 27.7. The third-order valence-electron chi connectivity index (χ3n) is 5.70. The maximum atomic E-state index is 13.0. The maximum Gasteiger partial charge on any atom is 0.417 e. The Labute approximate surface area is 226 Å². The van der Waals surface area contributed by atoms with Crippen LogP contribution in [0, 0.1) is 0 Å². The molecule has 2 aromatic carbocycles. The van der Waals surface area contributed by atoms with E-state index in [1.54, 1.807) is 36.5 Å². The van der Waals surface area contributed by atoms with Crippen LogP contribution in [-0.4, -0.2) is 46.2 Å². The molecule has 1 aliphatic rings. The minimum atomic E-state index is -4.65. The number of carbonyl (C=O) groups excluding carboxylic acids is 1. The van der Waals surface area contributed by atoms with Gasteiger partial charge < -0.3 is 25.4 Å². The molecule has 4 rings (SSSR count). The van der Waals surface area contributed by atoms with Crippen LogP contribution in [0.2, 0.25) is 5.02 Å². The number of nitrogens with one attached hydrogen (secondary N) is 2. The number of alkyl halides is 3. The molecule has 1 atom stereocenters. The fraction of sp³-hybridized carbons (Fsp3) is 0.231. The molecule has 1 saturated heterocycles. The Balaban J connectivity index is 1.39. The standard InChI is InChI=1S/C26H23ClF3N5O4/c27-21-8-7-17(14-20(21)26(28,29)30)32-22(36)9-6-16-3-1-5-19(13-16)39-23-10-11-31-24(34-23)35-12-2-4-18(15-35)33-25(37)38/h1,3,5-11,13-14,18,33H,2,4,12,15H2,(H,32,36)(H,37,38)/b9-6+. The second kappa shape index (κ2) is 12.0. The molecule has 0 radical (unpaired) electrons. The van der Waals surface area contributed by atoms with Gasteiger partial charge in [-0.1, -0.05) is 23.7 Å². The molecule has 204 valence electrons. The van der Waals surface area contributed by atoms with Gasteiger partial charge in [-0.15, -0.1) is 0 Å². The number of piperidine rings is 1. The molecule has 1 fully saturated rings. The van der Waals surface area contributed by atoms with Crippen LogP contribution in [0.1, 0.15) is 24.0 Å². The summed E-state index contributed by atoms with van der Waals surface area (Å²) in [5.41, 5.74) is -0.486. The zero-order valence-corrected chi connectivity index (χ0v) is 21.0. The van der Waals surface area contributed by atoms with Gasteiger partial charge in [0.05, 0.1) is 10.6 Å². The highest BCUT2D eigenvalue weighted by molar-refractivity contribution is 6.31. The van der Waals surface area contributed by atoms with E-state index in [9.17, 15) is 22.8 Å². The second-order valence-corrected chi connectivity index (χ2v) is 9.03. The number of benzene rings is 2. The highest BCUT2D eigenvalue weighted by Crippen LogP contribution is 2.36. The number of carboxylic acid groups (broad SMARTS) is 1. The Morgan fingerprint density at radius 1 is 1.18 bits per heavy atom. The average Bonchev–Trinajstić information content (AvgIpc) is 2.88. The van der Waals surface area contributed by atoms with E-state index in [-0.39, 0.29) is 17.6 Å². The summed E-state index contributed by atoms with van der Waals surface area (Å²) >= 11 is 5.61. The predicted octanol–water partition coefficient (Wildman–Crippen LogP) is 5.83. The first-order chi connectivity index (χ1) is 18.6. The summed E-state index contributed by atoms with van der Waals surface area (Å²) in [6.45, 7) is 1.11. The van der Waals surface area contributed by atoms with Crippen molar-refractivity contribution < 1.29 is 32.6 Å². The molecule has 0 saturated carbocycles. The molecule has 39 heavy (non-hydrogen) atoms. The molecule has 0 spiro atoms. The molecule has 2 heterocycles. The van der Waals surface area contributed by atoms with Gasteiger partial charge in [0.15, 0.2) is 0 Å². The van der Waals surface area contributed by atoms with Crippen molar-refractivity contribution >= 4 is 41.3 Å². The van der Waals surface area contributed by atoms with Gasteiger partial charge in [-0.25, -0.2) is 9.78 Å². The predicted molar refractivity (Wildman–Crippen MR) is 139 cm³/mol. The molecule has 9 nitrogen and oxygen atoms in total. The van der Waals surface area contributed by atoms with Crippen molar-refractivity contribution in [2.24, 2.45) is 0 Å². The maximum absolute atomic E-state index is 13.0. The van der Waals surface area contributed by atoms with Crippen molar-refractivity contribution in [1.29, 1.82) is 0 Å². The third-order valence-corrected chi connectivity index (χ3v) is 6.03. The smallest absolute Gasteiger partial charge is 0.417 e. The highest BCUT2D eigenvalue weighted by atomic mass is 35.5. The van der Waals surface area contributed by atoms with E-state index < -0.39 is 28.8 Å². The number of hydrogen-bond acceptors (Lipinski definition) is 6. The van der Waals surface area contributed by atoms with E-state index in [0.29, 0.717) is 30.4 Å². The number of rotatable bonds is 7. The number of halogens is 4. The summed E-state index contributed by atoms with van der Waals surface area (Å²) in [4.78, 5) is 33.8. The van der Waals surface area contributed by atoms with Crippen molar-refractivity contribution in [2.45, 2.75) is 25.1 Å². The van der Waals surface area contributed by atoms with Crippen LogP contribution in [0.3, 0.4) is 0 Å². The van der Waals surface area contributed by atoms with Crippen LogP contribution in [0.15, 0.2) is 60.8 Å². The second-order valence-electron chi connectivity index (χ2n) is 8.62. The van der Waals surface area contributed by atoms with Crippen LogP contribution < -0.4 is 20.3 Å². The Bertz CT molecular complexity index is 1390. The zero-order chi connectivity index (χ0) is 28.0. The van der Waals surface area contributed by atoms with Gasteiger partial charge >= 0.3 is 12.3 Å². The minimum absolute atomic E-state index is 0.0446. The van der Waals surface area contributed by atoms with Gasteiger partial charge in [-0.3, -0.25) is 4.79 Å². The van der Waals surface area contributed by atoms with E-state index in [0.717, 1.165) is 25.0 Å². The molecule has 0 aliphatic carbocycles. The van der Waals surface area contributed by atoms with Crippen molar-refractivity contribution in [1.82, 2.24) is 15.3 Å². The van der Waals surface area contributed by atoms with Crippen LogP contribution in [0.25, 0.3) is 6.08 Å². The van der Waals surface area contributed by atoms with E-state index in [4.69, 9.17) is 21.4 Å². The van der Waals surface area contributed by atoms with Crippen molar-refractivity contribution in [3.63, 3.8) is 0 Å². The molecule has 0 bridgehead atoms. The summed E-state index contributed by atoms with van der Waals surface area (Å²) in [5.74, 6) is 0.483. The third kappa shape index (κ3) is 7.84. The topological polar surface area (TPSA) is 117 Å². The molecular weight excluding hydrogens is 539 g/mol. The van der Waals surface area contributed by atoms with Crippen molar-refractivity contribution in [3.8, 4) is 11.6 Å². The number of nitrogens with zero attached hydrogens (tertiary/aromatic N) is 3. The Kier molecular flexibility index (Phi) is 8.55. The fourth-order valence-corrected chi connectivity index (χ4v) is 4.20. The summed E-state index contributed by atoms with van der Waals surface area (Å²) in [7, 11) is 0. The lowest BCUT2D eigenvalue weighted by Gasteiger charge is -2.32. The molecule has 1 aromatic heterocycles. The molecular formula is C26H23ClF3N5O4. The molecule has 3 N–H and O–H groups in total. The molecule has 3 aromatic rings.